The van der Waals surface area contributed by atoms with Crippen LogP contribution in [0.3, 0.4) is 0 Å². The van der Waals surface area contributed by atoms with Gasteiger partial charge < -0.3 is 4.98 Å². The van der Waals surface area contributed by atoms with Crippen molar-refractivity contribution in [2.24, 2.45) is 0 Å². The van der Waals surface area contributed by atoms with Crippen LogP contribution >= 0.6 is 0 Å². The van der Waals surface area contributed by atoms with Crippen molar-refractivity contribution in [1.29, 1.82) is 0 Å². The summed E-state index contributed by atoms with van der Waals surface area (Å²) in [6.07, 6.45) is -2.62. The van der Waals surface area contributed by atoms with Gasteiger partial charge in [-0.2, -0.15) is 13.2 Å². The average Bonchev–Trinajstić information content (AvgIpc) is 2.60. The Morgan fingerprint density at radius 3 is 2.32 bits per heavy atom. The monoisotopic (exact) mass is 515 g/mol. The smallest absolute Gasteiger partial charge is 0.304 e. The van der Waals surface area contributed by atoms with Gasteiger partial charge in [0.05, 0.1) is 0 Å². The van der Waals surface area contributed by atoms with E-state index >= 15 is 0 Å². The molecule has 0 N–H and O–H groups in total. The van der Waals surface area contributed by atoms with Crippen molar-refractivity contribution in [3.05, 3.63) is 78.5 Å². The van der Waals surface area contributed by atoms with Crippen LogP contribution < -0.4 is 0 Å². The van der Waals surface area contributed by atoms with Crippen LogP contribution in [-0.2, 0) is 26.3 Å². The Bertz CT molecular complexity index is 1040. The van der Waals surface area contributed by atoms with Crippen molar-refractivity contribution in [3.8, 4) is 11.3 Å². The van der Waals surface area contributed by atoms with E-state index in [9.17, 15) is 13.2 Å². The zero-order chi connectivity index (χ0) is 16.7. The second-order valence-electron chi connectivity index (χ2n) is 5.57. The zero-order valence-corrected chi connectivity index (χ0v) is 15.2. The first-order valence-corrected chi connectivity index (χ1v) is 7.39. The van der Waals surface area contributed by atoms with Crippen LogP contribution in [-0.4, -0.2) is 4.98 Å². The Morgan fingerprint density at radius 1 is 0.840 bits per heavy atom. The van der Waals surface area contributed by atoms with Gasteiger partial charge >= 0.3 is 6.18 Å². The number of fused-ring (bicyclic) bond motifs is 3. The van der Waals surface area contributed by atoms with E-state index in [1.165, 1.54) is 6.07 Å². The van der Waals surface area contributed by atoms with Crippen LogP contribution in [0.15, 0.2) is 66.9 Å². The number of benzene rings is 3. The molecule has 1 heterocycles. The molecule has 0 aliphatic carbocycles. The van der Waals surface area contributed by atoms with E-state index < -0.39 is 11.7 Å². The minimum absolute atomic E-state index is 0. The minimum atomic E-state index is -4.36. The Labute approximate surface area is 155 Å². The molecule has 0 saturated carbocycles. The van der Waals surface area contributed by atoms with E-state index in [4.69, 9.17) is 0 Å². The van der Waals surface area contributed by atoms with Crippen molar-refractivity contribution in [3.63, 3.8) is 0 Å². The first-order chi connectivity index (χ1) is 11.5. The molecule has 1 nitrogen and oxygen atoms in total. The van der Waals surface area contributed by atoms with E-state index in [2.05, 4.69) is 11.1 Å². The summed E-state index contributed by atoms with van der Waals surface area (Å²) in [5.74, 6) is 0. The van der Waals surface area contributed by atoms with Crippen molar-refractivity contribution in [2.45, 2.75) is 6.18 Å². The molecule has 0 aliphatic heterocycles. The summed E-state index contributed by atoms with van der Waals surface area (Å²) in [6.45, 7) is 0. The second kappa shape index (κ2) is 6.58. The summed E-state index contributed by atoms with van der Waals surface area (Å²) in [4.78, 5) is 4.36. The molecule has 25 heavy (non-hydrogen) atoms. The summed E-state index contributed by atoms with van der Waals surface area (Å²) >= 11 is 0. The molecule has 1 radical (unpaired) electrons. The van der Waals surface area contributed by atoms with Gasteiger partial charge in [-0.1, -0.05) is 42.5 Å². The molecule has 1 aromatic heterocycles. The topological polar surface area (TPSA) is 12.9 Å². The normalized spacial score (nSPS) is 11.5. The fourth-order valence-electron chi connectivity index (χ4n) is 2.81. The molecule has 0 saturated heterocycles. The maximum atomic E-state index is 12.7. The average molecular weight is 515 g/mol. The number of pyridine rings is 1. The number of aromatic nitrogens is 1. The van der Waals surface area contributed by atoms with Crippen LogP contribution in [0.5, 0.6) is 0 Å². The fourth-order valence-corrected chi connectivity index (χ4v) is 2.81. The third-order valence-electron chi connectivity index (χ3n) is 4.04. The van der Waals surface area contributed by atoms with E-state index in [1.54, 1.807) is 6.20 Å². The van der Waals surface area contributed by atoms with Gasteiger partial charge in [0.25, 0.3) is 0 Å². The van der Waals surface area contributed by atoms with Crippen molar-refractivity contribution >= 4 is 21.5 Å². The zero-order valence-electron chi connectivity index (χ0n) is 12.8. The molecule has 4 rings (SSSR count). The number of halogens is 3. The molecule has 127 valence electrons. The molecule has 0 fully saturated rings. The van der Waals surface area contributed by atoms with Crippen LogP contribution in [0.2, 0.25) is 0 Å². The summed E-state index contributed by atoms with van der Waals surface area (Å²) < 4.78 is 38.0. The summed E-state index contributed by atoms with van der Waals surface area (Å²) in [5.41, 5.74) is 0.433. The molecule has 0 amide bonds. The Morgan fingerprint density at radius 2 is 1.60 bits per heavy atom. The van der Waals surface area contributed by atoms with E-state index in [0.717, 1.165) is 33.7 Å². The maximum absolute atomic E-state index is 12.7. The van der Waals surface area contributed by atoms with Gasteiger partial charge in [0.1, 0.15) is 0 Å². The SMILES string of the molecule is FC(F)(F)c1c[c-]c(-c2cc3c(ccc4ccccc43)cn2)cc1.[Ir]. The molecular weight excluding hydrogens is 503 g/mol. The van der Waals surface area contributed by atoms with Crippen molar-refractivity contribution in [2.75, 3.05) is 0 Å². The number of nitrogens with zero attached hydrogens (tertiary/aromatic N) is 1. The first-order valence-electron chi connectivity index (χ1n) is 7.39. The molecular formula is C20H11F3IrN-. The Hall–Kier alpha value is -2.23. The first kappa shape index (κ1) is 17.6. The number of hydrogen-bond donors (Lipinski definition) is 0. The van der Waals surface area contributed by atoms with E-state index in [-0.39, 0.29) is 20.1 Å². The van der Waals surface area contributed by atoms with Crippen LogP contribution in [0.25, 0.3) is 32.8 Å². The minimum Gasteiger partial charge on any atom is -0.304 e. The molecule has 3 aromatic carbocycles. The van der Waals surface area contributed by atoms with Crippen LogP contribution in [0, 0.1) is 6.07 Å². The quantitative estimate of drug-likeness (QED) is 0.229. The largest absolute Gasteiger partial charge is 0.381 e. The van der Waals surface area contributed by atoms with Crippen LogP contribution in [0.4, 0.5) is 13.2 Å². The van der Waals surface area contributed by atoms with Gasteiger partial charge in [-0.25, -0.2) is 0 Å². The summed E-state index contributed by atoms with van der Waals surface area (Å²) in [6, 6.07) is 20.0. The number of rotatable bonds is 1. The molecule has 5 heteroatoms. The van der Waals surface area contributed by atoms with Gasteiger partial charge in [-0.15, -0.1) is 29.8 Å². The van der Waals surface area contributed by atoms with Gasteiger partial charge in [-0.3, -0.25) is 0 Å². The molecule has 0 atom stereocenters. The Kier molecular flexibility index (Phi) is 4.63. The molecule has 0 bridgehead atoms. The van der Waals surface area contributed by atoms with Crippen molar-refractivity contribution in [1.82, 2.24) is 4.98 Å². The number of hydrogen-bond acceptors (Lipinski definition) is 1. The third kappa shape index (κ3) is 3.30. The summed E-state index contributed by atoms with van der Waals surface area (Å²) in [7, 11) is 0. The Balaban J connectivity index is 0.00000182. The maximum Gasteiger partial charge on any atom is 0.381 e. The fraction of sp³-hybridized carbons (Fsp3) is 0.0500. The third-order valence-corrected chi connectivity index (χ3v) is 4.04. The predicted molar refractivity (Wildman–Crippen MR) is 88.5 cm³/mol. The van der Waals surface area contributed by atoms with Crippen LogP contribution in [0.1, 0.15) is 5.56 Å². The summed E-state index contributed by atoms with van der Waals surface area (Å²) in [5, 5.41) is 4.21. The van der Waals surface area contributed by atoms with Crippen molar-refractivity contribution < 1.29 is 33.3 Å². The van der Waals surface area contributed by atoms with E-state index in [1.807, 2.05) is 42.5 Å². The number of alkyl halides is 3. The standard InChI is InChI=1S/C20H11F3N.Ir/c21-20(22,23)16-9-7-14(8-10-16)19-11-18-15(12-24-19)6-5-13-3-1-2-4-17(13)18;/h1-7,9-12H;/q-1;. The van der Waals surface area contributed by atoms with Gasteiger partial charge in [-0.05, 0) is 32.8 Å². The van der Waals surface area contributed by atoms with Gasteiger partial charge in [0.2, 0.25) is 0 Å². The predicted octanol–water partition coefficient (Wildman–Crippen LogP) is 5.87. The molecule has 0 aliphatic rings. The molecule has 0 spiro atoms. The van der Waals surface area contributed by atoms with Gasteiger partial charge in [0.15, 0.2) is 0 Å². The van der Waals surface area contributed by atoms with Gasteiger partial charge in [0, 0.05) is 26.3 Å². The second-order valence-corrected chi connectivity index (χ2v) is 5.57. The molecule has 0 unspecified atom stereocenters. The van der Waals surface area contributed by atoms with E-state index in [0.29, 0.717) is 11.3 Å². The molecule has 4 aromatic rings.